The molecule has 1 aromatic rings. The molecule has 20 heavy (non-hydrogen) atoms. The highest BCUT2D eigenvalue weighted by molar-refractivity contribution is 6.34. The molecule has 0 spiro atoms. The number of ether oxygens (including phenoxy) is 1. The predicted octanol–water partition coefficient (Wildman–Crippen LogP) is 4.70. The molecule has 0 saturated heterocycles. The Morgan fingerprint density at radius 2 is 1.80 bits per heavy atom. The Balaban J connectivity index is 1.88. The van der Waals surface area contributed by atoms with Gasteiger partial charge in [-0.3, -0.25) is 0 Å². The molecule has 0 heterocycles. The summed E-state index contributed by atoms with van der Waals surface area (Å²) in [5, 5.41) is 4.84. The van der Waals surface area contributed by atoms with Crippen LogP contribution in [0, 0.1) is 17.8 Å². The lowest BCUT2D eigenvalue weighted by Crippen LogP contribution is -2.20. The van der Waals surface area contributed by atoms with E-state index < -0.39 is 0 Å². The first kappa shape index (κ1) is 14.5. The number of rotatable bonds is 4. The predicted molar refractivity (Wildman–Crippen MR) is 83.8 cm³/mol. The van der Waals surface area contributed by atoms with Gasteiger partial charge in [0.05, 0.1) is 12.1 Å². The molecule has 1 aromatic carbocycles. The summed E-state index contributed by atoms with van der Waals surface area (Å²) in [6, 6.07) is 4.10. The molecule has 2 saturated carbocycles. The van der Waals surface area contributed by atoms with Crippen LogP contribution in [0.5, 0.6) is 5.75 Å². The van der Waals surface area contributed by atoms with Crippen molar-refractivity contribution in [3.8, 4) is 5.75 Å². The molecule has 0 amide bonds. The molecule has 3 unspecified atom stereocenters. The van der Waals surface area contributed by atoms with Crippen LogP contribution in [0.15, 0.2) is 12.1 Å². The van der Waals surface area contributed by atoms with E-state index in [9.17, 15) is 0 Å². The minimum atomic E-state index is 0.305. The van der Waals surface area contributed by atoms with Crippen LogP contribution >= 0.6 is 23.2 Å². The maximum atomic E-state index is 6.44. The highest BCUT2D eigenvalue weighted by Gasteiger charge is 2.54. The van der Waals surface area contributed by atoms with Crippen LogP contribution in [0.4, 0.5) is 0 Å². The number of hydrogen-bond donors (Lipinski definition) is 1. The van der Waals surface area contributed by atoms with E-state index in [0.717, 1.165) is 22.4 Å². The van der Waals surface area contributed by atoms with E-state index in [-0.39, 0.29) is 0 Å². The van der Waals surface area contributed by atoms with Gasteiger partial charge in [0.1, 0.15) is 5.75 Å². The first-order chi connectivity index (χ1) is 9.67. The first-order valence-corrected chi connectivity index (χ1v) is 8.13. The smallest absolute Gasteiger partial charge is 0.138 e. The van der Waals surface area contributed by atoms with Gasteiger partial charge in [0, 0.05) is 17.1 Å². The van der Waals surface area contributed by atoms with E-state index in [0.29, 0.717) is 22.7 Å². The lowest BCUT2D eigenvalue weighted by Gasteiger charge is -2.20. The third kappa shape index (κ3) is 2.43. The summed E-state index contributed by atoms with van der Waals surface area (Å²) in [6.07, 6.45) is 5.50. The number of nitrogens with one attached hydrogen (secondary N) is 1. The second-order valence-electron chi connectivity index (χ2n) is 5.96. The number of halogens is 2. The quantitative estimate of drug-likeness (QED) is 0.870. The number of hydrogen-bond acceptors (Lipinski definition) is 2. The maximum absolute atomic E-state index is 6.44. The molecule has 0 aliphatic heterocycles. The normalized spacial score (nSPS) is 29.7. The van der Waals surface area contributed by atoms with Crippen LogP contribution in [0.25, 0.3) is 0 Å². The van der Waals surface area contributed by atoms with Crippen LogP contribution < -0.4 is 10.1 Å². The average molecular weight is 314 g/mol. The fourth-order valence-electron chi connectivity index (χ4n) is 4.04. The zero-order valence-electron chi connectivity index (χ0n) is 12.0. The molecular weight excluding hydrogens is 293 g/mol. The second-order valence-corrected chi connectivity index (χ2v) is 6.78. The summed E-state index contributed by atoms with van der Waals surface area (Å²) in [5.41, 5.74) is 1.11. The molecule has 3 rings (SSSR count). The molecule has 0 bridgehead atoms. The monoisotopic (exact) mass is 313 g/mol. The Bertz CT molecular complexity index is 493. The Morgan fingerprint density at radius 1 is 1.15 bits per heavy atom. The van der Waals surface area contributed by atoms with Gasteiger partial charge >= 0.3 is 0 Å². The second kappa shape index (κ2) is 5.75. The van der Waals surface area contributed by atoms with Gasteiger partial charge in [0.2, 0.25) is 0 Å². The maximum Gasteiger partial charge on any atom is 0.138 e. The Labute approximate surface area is 130 Å². The summed E-state index contributed by atoms with van der Waals surface area (Å²) in [4.78, 5) is 0. The molecule has 0 aromatic heterocycles. The van der Waals surface area contributed by atoms with Crippen LogP contribution in [0.3, 0.4) is 0 Å². The van der Waals surface area contributed by atoms with Gasteiger partial charge in [-0.2, -0.15) is 0 Å². The third-order valence-electron chi connectivity index (χ3n) is 5.02. The van der Waals surface area contributed by atoms with Crippen molar-refractivity contribution in [2.75, 3.05) is 14.2 Å². The van der Waals surface area contributed by atoms with Crippen LogP contribution in [-0.4, -0.2) is 14.2 Å². The van der Waals surface area contributed by atoms with Gasteiger partial charge in [-0.05, 0) is 49.3 Å². The van der Waals surface area contributed by atoms with Crippen molar-refractivity contribution in [2.45, 2.75) is 31.7 Å². The summed E-state index contributed by atoms with van der Waals surface area (Å²) in [7, 11) is 3.63. The van der Waals surface area contributed by atoms with E-state index in [1.54, 1.807) is 7.11 Å². The summed E-state index contributed by atoms with van der Waals surface area (Å²) in [5.74, 6) is 3.10. The van der Waals surface area contributed by atoms with Crippen molar-refractivity contribution in [3.63, 3.8) is 0 Å². The number of benzene rings is 1. The fraction of sp³-hybridized carbons (Fsp3) is 0.625. The molecule has 110 valence electrons. The zero-order valence-corrected chi connectivity index (χ0v) is 13.5. The molecule has 2 aliphatic rings. The summed E-state index contributed by atoms with van der Waals surface area (Å²) in [6.45, 7) is 0. The van der Waals surface area contributed by atoms with E-state index in [2.05, 4.69) is 5.32 Å². The lowest BCUT2D eigenvalue weighted by molar-refractivity contribution is 0.414. The van der Waals surface area contributed by atoms with E-state index >= 15 is 0 Å². The van der Waals surface area contributed by atoms with Crippen LogP contribution in [0.2, 0.25) is 10.0 Å². The van der Waals surface area contributed by atoms with Gasteiger partial charge in [0.25, 0.3) is 0 Å². The minimum absolute atomic E-state index is 0.305. The SMILES string of the molecule is CNC(c1cc(Cl)c(OC)cc1Cl)C1C2CCCCC21. The molecule has 3 atom stereocenters. The highest BCUT2D eigenvalue weighted by Crippen LogP contribution is 2.61. The fourth-order valence-corrected chi connectivity index (χ4v) is 4.56. The van der Waals surface area contributed by atoms with Crippen molar-refractivity contribution in [1.82, 2.24) is 5.32 Å². The standard InChI is InChI=1S/C16H21Cl2NO/c1-19-16(15-9-5-3-4-6-10(9)15)11-7-13(18)14(20-2)8-12(11)17/h7-10,15-16,19H,3-6H2,1-2H3. The van der Waals surface area contributed by atoms with Crippen LogP contribution in [-0.2, 0) is 0 Å². The van der Waals surface area contributed by atoms with Gasteiger partial charge in [0.15, 0.2) is 0 Å². The highest BCUT2D eigenvalue weighted by atomic mass is 35.5. The Hall–Kier alpha value is -0.440. The Kier molecular flexibility index (Phi) is 4.16. The van der Waals surface area contributed by atoms with Crippen molar-refractivity contribution in [1.29, 1.82) is 0 Å². The number of methoxy groups -OCH3 is 1. The molecule has 4 heteroatoms. The summed E-state index contributed by atoms with van der Waals surface area (Å²) >= 11 is 12.7. The van der Waals surface area contributed by atoms with Gasteiger partial charge in [-0.15, -0.1) is 0 Å². The van der Waals surface area contributed by atoms with Crippen molar-refractivity contribution >= 4 is 23.2 Å². The van der Waals surface area contributed by atoms with E-state index in [1.807, 2.05) is 19.2 Å². The van der Waals surface area contributed by atoms with Crippen molar-refractivity contribution in [3.05, 3.63) is 27.7 Å². The van der Waals surface area contributed by atoms with E-state index in [1.165, 1.54) is 25.7 Å². The number of fused-ring (bicyclic) bond motifs is 1. The minimum Gasteiger partial charge on any atom is -0.495 e. The largest absolute Gasteiger partial charge is 0.495 e. The summed E-state index contributed by atoms with van der Waals surface area (Å²) < 4.78 is 5.23. The topological polar surface area (TPSA) is 21.3 Å². The first-order valence-electron chi connectivity index (χ1n) is 7.37. The van der Waals surface area contributed by atoms with Gasteiger partial charge in [-0.1, -0.05) is 36.0 Å². The zero-order chi connectivity index (χ0) is 14.3. The van der Waals surface area contributed by atoms with Crippen molar-refractivity contribution < 1.29 is 4.74 Å². The molecule has 0 radical (unpaired) electrons. The van der Waals surface area contributed by atoms with Gasteiger partial charge in [-0.25, -0.2) is 0 Å². The lowest BCUT2D eigenvalue weighted by atomic mass is 9.99. The third-order valence-corrected chi connectivity index (χ3v) is 5.65. The molecule has 2 aliphatic carbocycles. The molecule has 2 fully saturated rings. The average Bonchev–Trinajstić information content (AvgIpc) is 3.17. The van der Waals surface area contributed by atoms with Crippen LogP contribution in [0.1, 0.15) is 37.3 Å². The van der Waals surface area contributed by atoms with Gasteiger partial charge < -0.3 is 10.1 Å². The molecule has 2 nitrogen and oxygen atoms in total. The van der Waals surface area contributed by atoms with E-state index in [4.69, 9.17) is 27.9 Å². The Morgan fingerprint density at radius 3 is 2.35 bits per heavy atom. The molecular formula is C16H21Cl2NO. The molecule has 1 N–H and O–H groups in total. The van der Waals surface area contributed by atoms with Crippen molar-refractivity contribution in [2.24, 2.45) is 17.8 Å².